The number of phenolic OH excluding ortho intramolecular Hbond substituents is 1. The van der Waals surface area contributed by atoms with Gasteiger partial charge in [0.25, 0.3) is 0 Å². The number of hydrogen-bond acceptors (Lipinski definition) is 4. The molecule has 0 aromatic heterocycles. The maximum absolute atomic E-state index is 10.4. The number of phenols is 1. The first-order valence-corrected chi connectivity index (χ1v) is 9.92. The van der Waals surface area contributed by atoms with E-state index >= 15 is 0 Å². The molecule has 0 saturated carbocycles. The number of hydrogen-bond donors (Lipinski definition) is 1. The molecule has 144 valence electrons. The molecule has 0 bridgehead atoms. The van der Waals surface area contributed by atoms with Crippen LogP contribution in [-0.4, -0.2) is 24.4 Å². The third-order valence-corrected chi connectivity index (χ3v) is 6.32. The average molecular weight is 368 g/mol. The Bertz CT molecular complexity index is 839. The Balaban J connectivity index is 1.60. The maximum atomic E-state index is 10.4. The van der Waals surface area contributed by atoms with Crippen molar-refractivity contribution >= 4 is 0 Å². The predicted octanol–water partition coefficient (Wildman–Crippen LogP) is 5.00. The lowest BCUT2D eigenvalue weighted by Crippen LogP contribution is -2.38. The molecule has 0 amide bonds. The second-order valence-electron chi connectivity index (χ2n) is 7.66. The van der Waals surface area contributed by atoms with Crippen molar-refractivity contribution in [1.29, 1.82) is 0 Å². The quantitative estimate of drug-likeness (QED) is 0.825. The number of benzene rings is 2. The smallest absolute Gasteiger partial charge is 0.129 e. The minimum absolute atomic E-state index is 0.0344. The van der Waals surface area contributed by atoms with Gasteiger partial charge in [0.2, 0.25) is 0 Å². The predicted molar refractivity (Wildman–Crippen MR) is 105 cm³/mol. The second-order valence-corrected chi connectivity index (χ2v) is 7.66. The van der Waals surface area contributed by atoms with Crippen LogP contribution < -0.4 is 14.2 Å². The van der Waals surface area contributed by atoms with E-state index in [0.717, 1.165) is 49.2 Å². The third kappa shape index (κ3) is 3.11. The monoisotopic (exact) mass is 368 g/mol. The lowest BCUT2D eigenvalue weighted by molar-refractivity contribution is 0.0370. The lowest BCUT2D eigenvalue weighted by Gasteiger charge is -2.39. The molecule has 27 heavy (non-hydrogen) atoms. The summed E-state index contributed by atoms with van der Waals surface area (Å²) in [5.74, 6) is 3.04. The molecule has 2 aliphatic rings. The molecule has 1 unspecified atom stereocenters. The molecule has 0 fully saturated rings. The maximum Gasteiger partial charge on any atom is 0.129 e. The van der Waals surface area contributed by atoms with Crippen molar-refractivity contribution in [3.8, 4) is 23.0 Å². The van der Waals surface area contributed by atoms with Crippen LogP contribution in [-0.2, 0) is 12.8 Å². The van der Waals surface area contributed by atoms with E-state index in [1.54, 1.807) is 13.2 Å². The van der Waals surface area contributed by atoms with Gasteiger partial charge < -0.3 is 19.3 Å². The van der Waals surface area contributed by atoms with Gasteiger partial charge in [-0.2, -0.15) is 0 Å². The van der Waals surface area contributed by atoms with Crippen LogP contribution in [0.5, 0.6) is 23.0 Å². The molecule has 1 atom stereocenters. The zero-order chi connectivity index (χ0) is 19.0. The summed E-state index contributed by atoms with van der Waals surface area (Å²) in [5, 5.41) is 10.4. The van der Waals surface area contributed by atoms with E-state index in [0.29, 0.717) is 12.4 Å². The number of fused-ring (bicyclic) bond motifs is 3. The van der Waals surface area contributed by atoms with E-state index in [4.69, 9.17) is 14.2 Å². The van der Waals surface area contributed by atoms with Crippen LogP contribution in [0.4, 0.5) is 0 Å². The highest BCUT2D eigenvalue weighted by molar-refractivity contribution is 5.54. The molecule has 0 saturated heterocycles. The Hall–Kier alpha value is -2.36. The number of rotatable bonds is 4. The molecule has 4 rings (SSSR count). The Kier molecular flexibility index (Phi) is 4.67. The topological polar surface area (TPSA) is 47.9 Å². The number of ether oxygens (including phenoxy) is 3. The second kappa shape index (κ2) is 6.99. The first-order valence-electron chi connectivity index (χ1n) is 9.92. The summed E-state index contributed by atoms with van der Waals surface area (Å²) < 4.78 is 17.8. The lowest BCUT2D eigenvalue weighted by atomic mass is 9.83. The summed E-state index contributed by atoms with van der Waals surface area (Å²) in [6.07, 6.45) is 4.95. The third-order valence-electron chi connectivity index (χ3n) is 6.32. The molecule has 1 N–H and O–H groups in total. The minimum Gasteiger partial charge on any atom is -0.508 e. The van der Waals surface area contributed by atoms with Crippen molar-refractivity contribution < 1.29 is 19.3 Å². The fourth-order valence-corrected chi connectivity index (χ4v) is 4.42. The normalized spacial score (nSPS) is 20.0. The molecule has 0 spiro atoms. The zero-order valence-corrected chi connectivity index (χ0v) is 16.4. The van der Waals surface area contributed by atoms with Gasteiger partial charge in [0.15, 0.2) is 0 Å². The molecule has 2 heterocycles. The Morgan fingerprint density at radius 1 is 1.19 bits per heavy atom. The van der Waals surface area contributed by atoms with Gasteiger partial charge in [-0.15, -0.1) is 0 Å². The highest BCUT2D eigenvalue weighted by Gasteiger charge is 2.36. The van der Waals surface area contributed by atoms with Crippen LogP contribution in [0.25, 0.3) is 0 Å². The van der Waals surface area contributed by atoms with E-state index in [1.165, 1.54) is 11.1 Å². The van der Waals surface area contributed by atoms with Crippen LogP contribution in [0.15, 0.2) is 30.3 Å². The van der Waals surface area contributed by atoms with Gasteiger partial charge in [-0.05, 0) is 49.8 Å². The van der Waals surface area contributed by atoms with Crippen molar-refractivity contribution in [3.05, 3.63) is 47.0 Å². The van der Waals surface area contributed by atoms with Gasteiger partial charge in [0.1, 0.15) is 28.6 Å². The first kappa shape index (κ1) is 18.0. The van der Waals surface area contributed by atoms with E-state index < -0.39 is 0 Å². The van der Waals surface area contributed by atoms with Crippen LogP contribution in [0.1, 0.15) is 55.7 Å². The van der Waals surface area contributed by atoms with Gasteiger partial charge in [-0.1, -0.05) is 26.0 Å². The molecule has 2 aromatic carbocycles. The summed E-state index contributed by atoms with van der Waals surface area (Å²) in [7, 11) is 1.60. The van der Waals surface area contributed by atoms with Crippen molar-refractivity contribution in [2.75, 3.05) is 13.7 Å². The first-order chi connectivity index (χ1) is 13.1. The summed E-state index contributed by atoms with van der Waals surface area (Å²) in [6, 6.07) is 9.72. The van der Waals surface area contributed by atoms with Crippen molar-refractivity contribution in [1.82, 2.24) is 0 Å². The van der Waals surface area contributed by atoms with E-state index in [1.807, 2.05) is 12.1 Å². The molecule has 4 nitrogen and oxygen atoms in total. The fraction of sp³-hybridized carbons (Fsp3) is 0.478. The summed E-state index contributed by atoms with van der Waals surface area (Å²) >= 11 is 0. The molecule has 2 aromatic rings. The zero-order valence-electron chi connectivity index (χ0n) is 16.4. The summed E-state index contributed by atoms with van der Waals surface area (Å²) in [6.45, 7) is 4.97. The standard InChI is InChI=1S/C23H28O4/c1-4-23(5-2)11-10-19-21(27-23)9-6-15-12-16(14-26-22(15)19)18-8-7-17(25-3)13-20(18)24/h6-9,13,16,24H,4-5,10-12,14H2,1-3H3. The minimum atomic E-state index is -0.0344. The van der Waals surface area contributed by atoms with Gasteiger partial charge in [0.05, 0.1) is 13.7 Å². The fourth-order valence-electron chi connectivity index (χ4n) is 4.42. The number of methoxy groups -OCH3 is 1. The van der Waals surface area contributed by atoms with Gasteiger partial charge in [-0.3, -0.25) is 0 Å². The van der Waals surface area contributed by atoms with Gasteiger partial charge >= 0.3 is 0 Å². The summed E-state index contributed by atoms with van der Waals surface area (Å²) in [5.41, 5.74) is 3.28. The van der Waals surface area contributed by atoms with Gasteiger partial charge in [-0.25, -0.2) is 0 Å². The van der Waals surface area contributed by atoms with Crippen LogP contribution in [0, 0.1) is 0 Å². The molecule has 4 heteroatoms. The Morgan fingerprint density at radius 2 is 2.00 bits per heavy atom. The van der Waals surface area contributed by atoms with E-state index in [9.17, 15) is 5.11 Å². The van der Waals surface area contributed by atoms with E-state index in [-0.39, 0.29) is 17.3 Å². The van der Waals surface area contributed by atoms with Crippen molar-refractivity contribution in [2.24, 2.45) is 0 Å². The largest absolute Gasteiger partial charge is 0.508 e. The molecule has 0 radical (unpaired) electrons. The van der Waals surface area contributed by atoms with Crippen molar-refractivity contribution in [3.63, 3.8) is 0 Å². The number of aromatic hydroxyl groups is 1. The SMILES string of the molecule is CCC1(CC)CCc2c(ccc3c2OCC(c2ccc(OC)cc2O)C3)O1. The van der Waals surface area contributed by atoms with Crippen LogP contribution >= 0.6 is 0 Å². The van der Waals surface area contributed by atoms with E-state index in [2.05, 4.69) is 26.0 Å². The highest BCUT2D eigenvalue weighted by Crippen LogP contribution is 2.46. The molecular weight excluding hydrogens is 340 g/mol. The van der Waals surface area contributed by atoms with Crippen LogP contribution in [0.2, 0.25) is 0 Å². The molecular formula is C23H28O4. The van der Waals surface area contributed by atoms with Crippen LogP contribution in [0.3, 0.4) is 0 Å². The molecule has 0 aliphatic carbocycles. The van der Waals surface area contributed by atoms with Crippen molar-refractivity contribution in [2.45, 2.75) is 57.5 Å². The Morgan fingerprint density at radius 3 is 2.70 bits per heavy atom. The average Bonchev–Trinajstić information content (AvgIpc) is 2.72. The molecule has 2 aliphatic heterocycles. The highest BCUT2D eigenvalue weighted by atomic mass is 16.5. The van der Waals surface area contributed by atoms with Gasteiger partial charge in [0, 0.05) is 23.1 Å². The summed E-state index contributed by atoms with van der Waals surface area (Å²) in [4.78, 5) is 0. The Labute approximate surface area is 161 Å².